The van der Waals surface area contributed by atoms with Crippen LogP contribution in [0.3, 0.4) is 0 Å². The van der Waals surface area contributed by atoms with Crippen LogP contribution in [0.2, 0.25) is 0 Å². The second kappa shape index (κ2) is 38.6. The summed E-state index contributed by atoms with van der Waals surface area (Å²) in [5, 5.41) is 40.1. The van der Waals surface area contributed by atoms with Gasteiger partial charge in [-0.05, 0) is 77.0 Å². The van der Waals surface area contributed by atoms with Gasteiger partial charge >= 0.3 is 11.9 Å². The SMILES string of the molecule is CC/C=C\C/C=C\C/C=C\C/C=C\CCCCC(=O)OC(COC(=O)CCCCCCCCC/C=C\CCCCCCCCC)COC1OC(CO)C(O)C(O)C1O. The molecule has 0 radical (unpaired) electrons. The van der Waals surface area contributed by atoms with Crippen LogP contribution in [0.5, 0.6) is 0 Å². The molecule has 1 aliphatic rings. The molecule has 0 spiro atoms. The second-order valence-electron chi connectivity index (χ2n) is 15.5. The van der Waals surface area contributed by atoms with Gasteiger partial charge in [-0.3, -0.25) is 9.59 Å². The Morgan fingerprint density at radius 1 is 0.552 bits per heavy atom. The smallest absolute Gasteiger partial charge is 0.306 e. The number of carbonyl (C=O) groups excluding carboxylic acids is 2. The lowest BCUT2D eigenvalue weighted by atomic mass is 9.99. The Kier molecular flexibility index (Phi) is 35.5. The van der Waals surface area contributed by atoms with Gasteiger partial charge < -0.3 is 39.4 Å². The first-order chi connectivity index (χ1) is 28.3. The van der Waals surface area contributed by atoms with Crippen molar-refractivity contribution in [2.24, 2.45) is 0 Å². The highest BCUT2D eigenvalue weighted by Gasteiger charge is 2.44. The van der Waals surface area contributed by atoms with Crippen molar-refractivity contribution in [1.29, 1.82) is 0 Å². The number of aliphatic hydroxyl groups is 4. The Hall–Kier alpha value is -2.60. The van der Waals surface area contributed by atoms with E-state index in [4.69, 9.17) is 18.9 Å². The molecular weight excluding hydrogens is 737 g/mol. The Morgan fingerprint density at radius 3 is 1.59 bits per heavy atom. The Bertz CT molecular complexity index is 1130. The Labute approximate surface area is 351 Å². The average Bonchev–Trinajstić information content (AvgIpc) is 3.22. The summed E-state index contributed by atoms with van der Waals surface area (Å²) >= 11 is 0. The van der Waals surface area contributed by atoms with E-state index in [1.165, 1.54) is 70.6 Å². The quantitative estimate of drug-likeness (QED) is 0.0271. The minimum atomic E-state index is -1.61. The van der Waals surface area contributed by atoms with E-state index < -0.39 is 55.4 Å². The fraction of sp³-hybridized carbons (Fsp3) is 0.750. The van der Waals surface area contributed by atoms with E-state index in [9.17, 15) is 30.0 Å². The molecule has 0 aromatic heterocycles. The van der Waals surface area contributed by atoms with E-state index in [-0.39, 0.29) is 26.1 Å². The van der Waals surface area contributed by atoms with Gasteiger partial charge in [0, 0.05) is 12.8 Å². The highest BCUT2D eigenvalue weighted by molar-refractivity contribution is 5.70. The zero-order valence-corrected chi connectivity index (χ0v) is 36.3. The van der Waals surface area contributed by atoms with E-state index in [1.807, 2.05) is 0 Å². The third kappa shape index (κ3) is 29.6. The van der Waals surface area contributed by atoms with Gasteiger partial charge in [0.1, 0.15) is 31.0 Å². The standard InChI is InChI=1S/C48H82O10/c1-3-5-7-9-11-13-15-17-19-20-21-23-24-26-28-30-32-34-36-43(50)55-39-41(40-56-48-47(54)46(53)45(52)42(38-49)58-48)57-44(51)37-35-33-31-29-27-25-22-18-16-14-12-10-8-6-4-2/h6,8,12,14,18-20,22,27,29,41-42,45-49,52-54H,3-5,7,9-11,13,15-17,21,23-26,28,30-40H2,1-2H3/b8-6-,14-12-,20-19-,22-18-,29-27-. The van der Waals surface area contributed by atoms with Crippen molar-refractivity contribution >= 4 is 11.9 Å². The molecule has 0 aromatic carbocycles. The van der Waals surface area contributed by atoms with Crippen molar-refractivity contribution in [1.82, 2.24) is 0 Å². The van der Waals surface area contributed by atoms with E-state index in [0.717, 1.165) is 64.2 Å². The summed E-state index contributed by atoms with van der Waals surface area (Å²) < 4.78 is 22.1. The summed E-state index contributed by atoms with van der Waals surface area (Å²) in [6.45, 7) is 3.25. The summed E-state index contributed by atoms with van der Waals surface area (Å²) in [4.78, 5) is 25.3. The molecule has 1 fully saturated rings. The highest BCUT2D eigenvalue weighted by atomic mass is 16.7. The first kappa shape index (κ1) is 53.4. The number of hydrogen-bond acceptors (Lipinski definition) is 10. The number of allylic oxidation sites excluding steroid dienone is 10. The van der Waals surface area contributed by atoms with E-state index in [1.54, 1.807) is 0 Å². The zero-order chi connectivity index (χ0) is 42.3. The molecule has 58 heavy (non-hydrogen) atoms. The van der Waals surface area contributed by atoms with Gasteiger partial charge in [0.2, 0.25) is 0 Å². The van der Waals surface area contributed by atoms with Gasteiger partial charge in [-0.25, -0.2) is 0 Å². The predicted molar refractivity (Wildman–Crippen MR) is 233 cm³/mol. The molecule has 0 amide bonds. The molecule has 4 N–H and O–H groups in total. The van der Waals surface area contributed by atoms with Gasteiger partial charge in [0.05, 0.1) is 13.2 Å². The van der Waals surface area contributed by atoms with Crippen LogP contribution < -0.4 is 0 Å². The van der Waals surface area contributed by atoms with Gasteiger partial charge in [0.25, 0.3) is 0 Å². The zero-order valence-electron chi connectivity index (χ0n) is 36.3. The largest absolute Gasteiger partial charge is 0.462 e. The normalized spacial score (nSPS) is 20.7. The maximum atomic E-state index is 12.7. The second-order valence-corrected chi connectivity index (χ2v) is 15.5. The van der Waals surface area contributed by atoms with Crippen molar-refractivity contribution in [2.45, 2.75) is 211 Å². The summed E-state index contributed by atoms with van der Waals surface area (Å²) in [6, 6.07) is 0. The molecule has 1 saturated heterocycles. The molecule has 6 atom stereocenters. The summed E-state index contributed by atoms with van der Waals surface area (Å²) in [6.07, 6.45) is 39.4. The molecule has 10 nitrogen and oxygen atoms in total. The third-order valence-electron chi connectivity index (χ3n) is 10.1. The lowest BCUT2D eigenvalue weighted by Gasteiger charge is -2.39. The van der Waals surface area contributed by atoms with Crippen LogP contribution in [-0.4, -0.2) is 89.0 Å². The van der Waals surface area contributed by atoms with Gasteiger partial charge in [-0.2, -0.15) is 0 Å². The number of ether oxygens (including phenoxy) is 4. The molecule has 1 rings (SSSR count). The fourth-order valence-corrected chi connectivity index (χ4v) is 6.53. The number of rotatable bonds is 37. The Balaban J connectivity index is 2.35. The molecule has 1 heterocycles. The topological polar surface area (TPSA) is 152 Å². The summed E-state index contributed by atoms with van der Waals surface area (Å²) in [5.41, 5.74) is 0. The number of esters is 2. The van der Waals surface area contributed by atoms with Crippen molar-refractivity contribution in [3.8, 4) is 0 Å². The molecule has 0 bridgehead atoms. The van der Waals surface area contributed by atoms with Gasteiger partial charge in [0.15, 0.2) is 12.4 Å². The molecule has 1 aliphatic heterocycles. The molecule has 6 unspecified atom stereocenters. The van der Waals surface area contributed by atoms with Crippen LogP contribution >= 0.6 is 0 Å². The average molecular weight is 819 g/mol. The van der Waals surface area contributed by atoms with Crippen molar-refractivity contribution < 1.29 is 49.0 Å². The molecule has 10 heteroatoms. The van der Waals surface area contributed by atoms with Crippen molar-refractivity contribution in [3.05, 3.63) is 60.8 Å². The molecule has 0 saturated carbocycles. The van der Waals surface area contributed by atoms with Crippen LogP contribution in [0, 0.1) is 0 Å². The van der Waals surface area contributed by atoms with Gasteiger partial charge in [-0.1, -0.05) is 145 Å². The molecule has 0 aromatic rings. The number of carbonyl (C=O) groups is 2. The maximum Gasteiger partial charge on any atom is 0.306 e. The van der Waals surface area contributed by atoms with Crippen LogP contribution in [0.1, 0.15) is 174 Å². The minimum Gasteiger partial charge on any atom is -0.462 e. The number of unbranched alkanes of at least 4 members (excludes halogenated alkanes) is 16. The molecule has 0 aliphatic carbocycles. The fourth-order valence-electron chi connectivity index (χ4n) is 6.53. The van der Waals surface area contributed by atoms with Crippen LogP contribution in [0.4, 0.5) is 0 Å². The minimum absolute atomic E-state index is 0.175. The Morgan fingerprint density at radius 2 is 1.02 bits per heavy atom. The van der Waals surface area contributed by atoms with Crippen LogP contribution in [0.15, 0.2) is 60.8 Å². The maximum absolute atomic E-state index is 12.7. The van der Waals surface area contributed by atoms with Crippen molar-refractivity contribution in [2.75, 3.05) is 19.8 Å². The third-order valence-corrected chi connectivity index (χ3v) is 10.1. The van der Waals surface area contributed by atoms with Crippen LogP contribution in [-0.2, 0) is 28.5 Å². The first-order valence-electron chi connectivity index (χ1n) is 22.9. The monoisotopic (exact) mass is 819 g/mol. The first-order valence-corrected chi connectivity index (χ1v) is 22.9. The van der Waals surface area contributed by atoms with E-state index in [0.29, 0.717) is 12.8 Å². The number of hydrogen-bond donors (Lipinski definition) is 4. The molecule has 334 valence electrons. The van der Waals surface area contributed by atoms with Gasteiger partial charge in [-0.15, -0.1) is 0 Å². The molecular formula is C48H82O10. The highest BCUT2D eigenvalue weighted by Crippen LogP contribution is 2.22. The van der Waals surface area contributed by atoms with Crippen molar-refractivity contribution in [3.63, 3.8) is 0 Å². The van der Waals surface area contributed by atoms with E-state index in [2.05, 4.69) is 74.6 Å². The summed E-state index contributed by atoms with van der Waals surface area (Å²) in [7, 11) is 0. The van der Waals surface area contributed by atoms with E-state index >= 15 is 0 Å². The number of aliphatic hydroxyl groups excluding tert-OH is 4. The van der Waals surface area contributed by atoms with Crippen LogP contribution in [0.25, 0.3) is 0 Å². The predicted octanol–water partition coefficient (Wildman–Crippen LogP) is 9.83. The lowest BCUT2D eigenvalue weighted by molar-refractivity contribution is -0.305. The summed E-state index contributed by atoms with van der Waals surface area (Å²) in [5.74, 6) is -0.863. The lowest BCUT2D eigenvalue weighted by Crippen LogP contribution is -2.59.